The van der Waals surface area contributed by atoms with E-state index in [1.54, 1.807) is 23.6 Å². The lowest BCUT2D eigenvalue weighted by Gasteiger charge is -2.24. The van der Waals surface area contributed by atoms with Crippen LogP contribution in [0, 0.1) is 5.82 Å². The highest BCUT2D eigenvalue weighted by Crippen LogP contribution is 2.26. The van der Waals surface area contributed by atoms with Crippen LogP contribution in [0.1, 0.15) is 18.4 Å². The number of halogens is 2. The first kappa shape index (κ1) is 16.2. The molecule has 1 atom stereocenters. The predicted octanol–water partition coefficient (Wildman–Crippen LogP) is 3.26. The van der Waals surface area contributed by atoms with E-state index in [9.17, 15) is 9.18 Å². The van der Waals surface area contributed by atoms with Crippen LogP contribution in [-0.2, 0) is 11.2 Å². The zero-order chi connectivity index (χ0) is 16.2. The van der Waals surface area contributed by atoms with Crippen molar-refractivity contribution >= 4 is 34.0 Å². The van der Waals surface area contributed by atoms with E-state index in [-0.39, 0.29) is 29.0 Å². The molecule has 1 aliphatic rings. The minimum atomic E-state index is -0.446. The summed E-state index contributed by atoms with van der Waals surface area (Å²) in [5.41, 5.74) is 0.245. The summed E-state index contributed by atoms with van der Waals surface area (Å²) in [6.07, 6.45) is 3.84. The van der Waals surface area contributed by atoms with Gasteiger partial charge in [0.05, 0.1) is 6.42 Å². The molecule has 0 saturated carbocycles. The molecule has 0 aliphatic carbocycles. The number of nitrogens with one attached hydrogen (secondary N) is 1. The number of thiazole rings is 1. The van der Waals surface area contributed by atoms with Crippen molar-refractivity contribution in [3.63, 3.8) is 0 Å². The highest BCUT2D eigenvalue weighted by molar-refractivity contribution is 7.13. The molecule has 7 heteroatoms. The third-order valence-corrected chi connectivity index (χ3v) is 5.14. The van der Waals surface area contributed by atoms with Gasteiger partial charge in [0.2, 0.25) is 5.91 Å². The number of benzene rings is 1. The predicted molar refractivity (Wildman–Crippen MR) is 90.6 cm³/mol. The molecule has 1 unspecified atom stereocenters. The molecule has 23 heavy (non-hydrogen) atoms. The lowest BCUT2D eigenvalue weighted by molar-refractivity contribution is -0.120. The van der Waals surface area contributed by atoms with E-state index in [1.807, 2.05) is 5.38 Å². The van der Waals surface area contributed by atoms with Crippen LogP contribution in [-0.4, -0.2) is 30.0 Å². The number of aromatic nitrogens is 1. The normalized spacial score (nSPS) is 17.5. The fraction of sp³-hybridized carbons (Fsp3) is 0.375. The van der Waals surface area contributed by atoms with Crippen molar-refractivity contribution in [2.24, 2.45) is 0 Å². The van der Waals surface area contributed by atoms with Crippen LogP contribution in [0.3, 0.4) is 0 Å². The van der Waals surface area contributed by atoms with E-state index in [0.29, 0.717) is 6.54 Å². The zero-order valence-corrected chi connectivity index (χ0v) is 14.0. The van der Waals surface area contributed by atoms with Crippen molar-refractivity contribution in [2.75, 3.05) is 18.0 Å². The van der Waals surface area contributed by atoms with Crippen LogP contribution in [0.5, 0.6) is 0 Å². The van der Waals surface area contributed by atoms with Crippen molar-refractivity contribution < 1.29 is 9.18 Å². The molecule has 1 amide bonds. The molecule has 1 aromatic carbocycles. The summed E-state index contributed by atoms with van der Waals surface area (Å²) < 4.78 is 13.7. The largest absolute Gasteiger partial charge is 0.354 e. The Morgan fingerprint density at radius 3 is 3.13 bits per heavy atom. The lowest BCUT2D eigenvalue weighted by atomic mass is 10.1. The molecule has 0 bridgehead atoms. The molecule has 4 nitrogen and oxygen atoms in total. The van der Waals surface area contributed by atoms with Crippen molar-refractivity contribution in [1.29, 1.82) is 0 Å². The Kier molecular flexibility index (Phi) is 5.13. The van der Waals surface area contributed by atoms with Gasteiger partial charge in [0, 0.05) is 41.3 Å². The van der Waals surface area contributed by atoms with E-state index >= 15 is 0 Å². The highest BCUT2D eigenvalue weighted by atomic mass is 35.5. The first-order valence-corrected chi connectivity index (χ1v) is 8.76. The molecule has 1 fully saturated rings. The number of carbonyl (C=O) groups excluding carboxylic acids is 1. The summed E-state index contributed by atoms with van der Waals surface area (Å²) >= 11 is 7.56. The van der Waals surface area contributed by atoms with Crippen molar-refractivity contribution in [3.8, 4) is 0 Å². The van der Waals surface area contributed by atoms with Gasteiger partial charge in [0.15, 0.2) is 5.13 Å². The zero-order valence-electron chi connectivity index (χ0n) is 12.5. The van der Waals surface area contributed by atoms with E-state index in [2.05, 4.69) is 15.2 Å². The number of rotatable bonds is 5. The third-order valence-electron chi connectivity index (χ3n) is 3.98. The molecule has 1 aliphatic heterocycles. The second kappa shape index (κ2) is 7.27. The van der Waals surface area contributed by atoms with Crippen LogP contribution in [0.15, 0.2) is 29.8 Å². The van der Waals surface area contributed by atoms with Gasteiger partial charge in [-0.1, -0.05) is 17.7 Å². The van der Waals surface area contributed by atoms with Gasteiger partial charge >= 0.3 is 0 Å². The molecule has 2 aromatic rings. The number of hydrogen-bond acceptors (Lipinski definition) is 4. The maximum atomic E-state index is 13.7. The van der Waals surface area contributed by atoms with Gasteiger partial charge < -0.3 is 10.2 Å². The summed E-state index contributed by atoms with van der Waals surface area (Å²) in [6.45, 7) is 1.48. The molecular formula is C16H17ClFN3OS. The molecule has 3 rings (SSSR count). The van der Waals surface area contributed by atoms with Crippen LogP contribution in [0.4, 0.5) is 9.52 Å². The van der Waals surface area contributed by atoms with Gasteiger partial charge in [-0.15, -0.1) is 11.3 Å². The van der Waals surface area contributed by atoms with Gasteiger partial charge in [-0.05, 0) is 25.0 Å². The summed E-state index contributed by atoms with van der Waals surface area (Å²) in [5, 5.41) is 6.11. The molecule has 1 N–H and O–H groups in total. The Morgan fingerprint density at radius 2 is 2.39 bits per heavy atom. The van der Waals surface area contributed by atoms with E-state index in [1.165, 1.54) is 12.1 Å². The van der Waals surface area contributed by atoms with E-state index in [4.69, 9.17) is 11.6 Å². The molecule has 122 valence electrons. The SMILES string of the molecule is O=C(Cc1c(F)cccc1Cl)NCC1CCCN1c1nccs1. The third kappa shape index (κ3) is 3.82. The molecule has 0 spiro atoms. The fourth-order valence-corrected chi connectivity index (χ4v) is 3.78. The molecule has 1 aromatic heterocycles. The Morgan fingerprint density at radius 1 is 1.52 bits per heavy atom. The summed E-state index contributed by atoms with van der Waals surface area (Å²) in [7, 11) is 0. The van der Waals surface area contributed by atoms with Gasteiger partial charge in [-0.3, -0.25) is 4.79 Å². The lowest BCUT2D eigenvalue weighted by Crippen LogP contribution is -2.40. The monoisotopic (exact) mass is 353 g/mol. The Hall–Kier alpha value is -1.66. The molecular weight excluding hydrogens is 337 g/mol. The van der Waals surface area contributed by atoms with Crippen molar-refractivity contribution in [3.05, 3.63) is 46.2 Å². The Labute approximate surface area is 143 Å². The smallest absolute Gasteiger partial charge is 0.224 e. The number of nitrogens with zero attached hydrogens (tertiary/aromatic N) is 2. The van der Waals surface area contributed by atoms with Gasteiger partial charge in [-0.2, -0.15) is 0 Å². The number of carbonyl (C=O) groups is 1. The average Bonchev–Trinajstić information content (AvgIpc) is 3.19. The second-order valence-electron chi connectivity index (χ2n) is 5.49. The van der Waals surface area contributed by atoms with Crippen molar-refractivity contribution in [1.82, 2.24) is 10.3 Å². The van der Waals surface area contributed by atoms with Crippen LogP contribution in [0.25, 0.3) is 0 Å². The summed E-state index contributed by atoms with van der Waals surface area (Å²) in [6, 6.07) is 4.68. The number of hydrogen-bond donors (Lipinski definition) is 1. The van der Waals surface area contributed by atoms with Gasteiger partial charge in [-0.25, -0.2) is 9.37 Å². The standard InChI is InChI=1S/C16H17ClFN3OS/c17-13-4-1-5-14(18)12(13)9-15(22)20-10-11-3-2-7-21(11)16-19-6-8-23-16/h1,4-6,8,11H,2-3,7,9-10H2,(H,20,22). The van der Waals surface area contributed by atoms with Crippen LogP contribution >= 0.6 is 22.9 Å². The maximum absolute atomic E-state index is 13.7. The maximum Gasteiger partial charge on any atom is 0.224 e. The molecule has 1 saturated heterocycles. The molecule has 0 radical (unpaired) electrons. The van der Waals surface area contributed by atoms with Crippen molar-refractivity contribution in [2.45, 2.75) is 25.3 Å². The number of anilines is 1. The minimum absolute atomic E-state index is 0.0462. The van der Waals surface area contributed by atoms with Gasteiger partial charge in [0.25, 0.3) is 0 Å². The van der Waals surface area contributed by atoms with Crippen LogP contribution in [0.2, 0.25) is 5.02 Å². The van der Waals surface area contributed by atoms with Gasteiger partial charge in [0.1, 0.15) is 5.82 Å². The first-order valence-electron chi connectivity index (χ1n) is 7.51. The van der Waals surface area contributed by atoms with E-state index in [0.717, 1.165) is 24.5 Å². The Balaban J connectivity index is 1.57. The summed E-state index contributed by atoms with van der Waals surface area (Å²) in [4.78, 5) is 18.7. The fourth-order valence-electron chi connectivity index (χ4n) is 2.81. The molecule has 2 heterocycles. The Bertz CT molecular complexity index is 660. The highest BCUT2D eigenvalue weighted by Gasteiger charge is 2.26. The van der Waals surface area contributed by atoms with Crippen LogP contribution < -0.4 is 10.2 Å². The second-order valence-corrected chi connectivity index (χ2v) is 6.77. The quantitative estimate of drug-likeness (QED) is 0.897. The first-order chi connectivity index (χ1) is 11.1. The summed E-state index contributed by atoms with van der Waals surface area (Å²) in [5.74, 6) is -0.666. The average molecular weight is 354 g/mol. The number of amides is 1. The van der Waals surface area contributed by atoms with E-state index < -0.39 is 5.82 Å². The minimum Gasteiger partial charge on any atom is -0.354 e. The topological polar surface area (TPSA) is 45.2 Å².